The van der Waals surface area contributed by atoms with Gasteiger partial charge in [0.05, 0.1) is 0 Å². The van der Waals surface area contributed by atoms with E-state index in [4.69, 9.17) is 5.73 Å². The Bertz CT molecular complexity index is 485. The van der Waals surface area contributed by atoms with Crippen molar-refractivity contribution in [2.75, 3.05) is 11.1 Å². The number of carbonyl (C=O) groups is 1. The van der Waals surface area contributed by atoms with E-state index in [0.717, 1.165) is 0 Å². The highest BCUT2D eigenvalue weighted by Gasteiger charge is 2.10. The number of nitrogens with zero attached hydrogens (tertiary/aromatic N) is 3. The predicted octanol–water partition coefficient (Wildman–Crippen LogP) is -0.0223. The van der Waals surface area contributed by atoms with Crippen LogP contribution in [0.5, 0.6) is 0 Å². The molecule has 0 fully saturated rings. The fraction of sp³-hybridized carbons (Fsp3) is 0.125. The van der Waals surface area contributed by atoms with Crippen molar-refractivity contribution in [1.82, 2.24) is 19.7 Å². The maximum absolute atomic E-state index is 11.6. The first-order valence-electron chi connectivity index (χ1n) is 4.26. The molecule has 0 bridgehead atoms. The summed E-state index contributed by atoms with van der Waals surface area (Å²) in [6.45, 7) is 0. The number of hydrogen-bond acceptors (Lipinski definition) is 4. The monoisotopic (exact) mass is 206 g/mol. The van der Waals surface area contributed by atoms with Gasteiger partial charge in [-0.15, -0.1) is 0 Å². The van der Waals surface area contributed by atoms with E-state index in [-0.39, 0.29) is 5.91 Å². The van der Waals surface area contributed by atoms with Crippen molar-refractivity contribution < 1.29 is 4.79 Å². The highest BCUT2D eigenvalue weighted by Crippen LogP contribution is 2.07. The van der Waals surface area contributed by atoms with Gasteiger partial charge in [-0.1, -0.05) is 0 Å². The summed E-state index contributed by atoms with van der Waals surface area (Å²) < 4.78 is 1.46. The van der Waals surface area contributed by atoms with Crippen LogP contribution in [0.1, 0.15) is 10.5 Å². The SMILES string of the molecule is Cn1ncnc1NC(=O)c1cc(N)c[nH]1. The summed E-state index contributed by atoms with van der Waals surface area (Å²) in [4.78, 5) is 18.2. The Balaban J connectivity index is 2.14. The molecule has 2 aromatic heterocycles. The molecule has 2 rings (SSSR count). The van der Waals surface area contributed by atoms with Gasteiger partial charge in [0.2, 0.25) is 5.95 Å². The number of nitrogens with two attached hydrogens (primary N) is 1. The quantitative estimate of drug-likeness (QED) is 0.642. The number of aromatic nitrogens is 4. The average molecular weight is 206 g/mol. The number of hydrogen-bond donors (Lipinski definition) is 3. The number of H-pyrrole nitrogens is 1. The molecule has 0 unspecified atom stereocenters. The van der Waals surface area contributed by atoms with Gasteiger partial charge in [-0.3, -0.25) is 10.1 Å². The number of nitrogen functional groups attached to an aromatic ring is 1. The van der Waals surface area contributed by atoms with Crippen molar-refractivity contribution in [3.8, 4) is 0 Å². The van der Waals surface area contributed by atoms with Crippen LogP contribution in [-0.4, -0.2) is 25.7 Å². The molecule has 0 aliphatic carbocycles. The van der Waals surface area contributed by atoms with Gasteiger partial charge in [-0.25, -0.2) is 4.68 Å². The zero-order chi connectivity index (χ0) is 10.8. The number of nitrogens with one attached hydrogen (secondary N) is 2. The first-order valence-corrected chi connectivity index (χ1v) is 4.26. The molecule has 1 amide bonds. The molecule has 4 N–H and O–H groups in total. The van der Waals surface area contributed by atoms with Crippen molar-refractivity contribution in [3.63, 3.8) is 0 Å². The Labute approximate surface area is 85.3 Å². The lowest BCUT2D eigenvalue weighted by Gasteiger charge is -2.01. The van der Waals surface area contributed by atoms with E-state index in [1.165, 1.54) is 11.0 Å². The minimum Gasteiger partial charge on any atom is -0.397 e. The van der Waals surface area contributed by atoms with Crippen LogP contribution in [0.15, 0.2) is 18.6 Å². The molecular formula is C8H10N6O. The molecule has 0 aliphatic rings. The molecular weight excluding hydrogens is 196 g/mol. The third-order valence-corrected chi connectivity index (χ3v) is 1.89. The Morgan fingerprint density at radius 2 is 2.47 bits per heavy atom. The summed E-state index contributed by atoms with van der Waals surface area (Å²) >= 11 is 0. The first-order chi connectivity index (χ1) is 7.16. The summed E-state index contributed by atoms with van der Waals surface area (Å²) in [5.74, 6) is 0.0796. The number of aromatic amines is 1. The van der Waals surface area contributed by atoms with Gasteiger partial charge in [0.25, 0.3) is 5.91 Å². The second-order valence-electron chi connectivity index (χ2n) is 3.01. The zero-order valence-corrected chi connectivity index (χ0v) is 8.06. The third kappa shape index (κ3) is 1.80. The molecule has 0 aliphatic heterocycles. The zero-order valence-electron chi connectivity index (χ0n) is 8.06. The van der Waals surface area contributed by atoms with E-state index in [0.29, 0.717) is 17.3 Å². The summed E-state index contributed by atoms with van der Waals surface area (Å²) in [5, 5.41) is 6.41. The second kappa shape index (κ2) is 3.45. The Morgan fingerprint density at radius 3 is 3.00 bits per heavy atom. The molecule has 0 aromatic carbocycles. The minimum absolute atomic E-state index is 0.303. The van der Waals surface area contributed by atoms with Crippen LogP contribution in [0.4, 0.5) is 11.6 Å². The number of aryl methyl sites for hydroxylation is 1. The van der Waals surface area contributed by atoms with Crippen LogP contribution in [0.25, 0.3) is 0 Å². The smallest absolute Gasteiger partial charge is 0.274 e. The van der Waals surface area contributed by atoms with Crippen LogP contribution in [-0.2, 0) is 7.05 Å². The van der Waals surface area contributed by atoms with Crippen molar-refractivity contribution in [2.24, 2.45) is 7.05 Å². The molecule has 2 heterocycles. The van der Waals surface area contributed by atoms with Crippen LogP contribution in [0.2, 0.25) is 0 Å². The van der Waals surface area contributed by atoms with Crippen LogP contribution in [0.3, 0.4) is 0 Å². The van der Waals surface area contributed by atoms with Crippen LogP contribution in [0, 0.1) is 0 Å². The van der Waals surface area contributed by atoms with Crippen molar-refractivity contribution in [2.45, 2.75) is 0 Å². The second-order valence-corrected chi connectivity index (χ2v) is 3.01. The number of anilines is 2. The Kier molecular flexibility index (Phi) is 2.13. The lowest BCUT2D eigenvalue weighted by atomic mass is 10.4. The van der Waals surface area contributed by atoms with E-state index in [9.17, 15) is 4.79 Å². The fourth-order valence-electron chi connectivity index (χ4n) is 1.12. The van der Waals surface area contributed by atoms with Gasteiger partial charge in [-0.05, 0) is 6.07 Å². The number of carbonyl (C=O) groups excluding carboxylic acids is 1. The Morgan fingerprint density at radius 1 is 1.67 bits per heavy atom. The standard InChI is InChI=1S/C8H10N6O/c1-14-8(11-4-12-14)13-7(15)6-2-5(9)3-10-6/h2-4,10H,9H2,1H3,(H,11,12,13,15). The lowest BCUT2D eigenvalue weighted by molar-refractivity contribution is 0.102. The summed E-state index contributed by atoms with van der Waals surface area (Å²) in [5.41, 5.74) is 6.37. The van der Waals surface area contributed by atoms with Gasteiger partial charge < -0.3 is 10.7 Å². The molecule has 2 aromatic rings. The Hall–Kier alpha value is -2.31. The third-order valence-electron chi connectivity index (χ3n) is 1.89. The van der Waals surface area contributed by atoms with E-state index in [1.54, 1.807) is 19.3 Å². The van der Waals surface area contributed by atoms with Crippen LogP contribution >= 0.6 is 0 Å². The van der Waals surface area contributed by atoms with Crippen molar-refractivity contribution in [3.05, 3.63) is 24.3 Å². The molecule has 7 heteroatoms. The minimum atomic E-state index is -0.303. The average Bonchev–Trinajstić information content (AvgIpc) is 2.77. The number of amides is 1. The largest absolute Gasteiger partial charge is 0.397 e. The van der Waals surface area contributed by atoms with Crippen molar-refractivity contribution >= 4 is 17.5 Å². The summed E-state index contributed by atoms with van der Waals surface area (Å²) in [6.07, 6.45) is 2.91. The van der Waals surface area contributed by atoms with Crippen molar-refractivity contribution in [1.29, 1.82) is 0 Å². The van der Waals surface area contributed by atoms with E-state index in [1.807, 2.05) is 0 Å². The van der Waals surface area contributed by atoms with Gasteiger partial charge in [0.15, 0.2) is 0 Å². The highest BCUT2D eigenvalue weighted by molar-refractivity contribution is 6.02. The lowest BCUT2D eigenvalue weighted by Crippen LogP contribution is -2.15. The molecule has 78 valence electrons. The number of rotatable bonds is 2. The molecule has 15 heavy (non-hydrogen) atoms. The normalized spacial score (nSPS) is 10.2. The van der Waals surface area contributed by atoms with Crippen LogP contribution < -0.4 is 11.1 Å². The fourth-order valence-corrected chi connectivity index (χ4v) is 1.12. The molecule has 0 saturated heterocycles. The van der Waals surface area contributed by atoms with E-state index < -0.39 is 0 Å². The molecule has 0 spiro atoms. The molecule has 0 saturated carbocycles. The van der Waals surface area contributed by atoms with E-state index in [2.05, 4.69) is 20.4 Å². The topological polar surface area (TPSA) is 102 Å². The maximum atomic E-state index is 11.6. The first kappa shape index (κ1) is 9.25. The van der Waals surface area contributed by atoms with Gasteiger partial charge >= 0.3 is 0 Å². The van der Waals surface area contributed by atoms with Gasteiger partial charge in [0, 0.05) is 18.9 Å². The predicted molar refractivity (Wildman–Crippen MR) is 54.2 cm³/mol. The summed E-state index contributed by atoms with van der Waals surface area (Å²) in [7, 11) is 1.69. The van der Waals surface area contributed by atoms with E-state index >= 15 is 0 Å². The highest BCUT2D eigenvalue weighted by atomic mass is 16.2. The molecule has 7 nitrogen and oxygen atoms in total. The molecule has 0 atom stereocenters. The van der Waals surface area contributed by atoms with Gasteiger partial charge in [0.1, 0.15) is 12.0 Å². The maximum Gasteiger partial charge on any atom is 0.274 e. The van der Waals surface area contributed by atoms with Gasteiger partial charge in [-0.2, -0.15) is 10.1 Å². The molecule has 0 radical (unpaired) electrons. The summed E-state index contributed by atoms with van der Waals surface area (Å²) in [6, 6.07) is 1.55.